The van der Waals surface area contributed by atoms with Crippen LogP contribution in [-0.4, -0.2) is 123 Å². The maximum absolute atomic E-state index is 10.5. The molecule has 12 heteroatoms. The van der Waals surface area contributed by atoms with Crippen molar-refractivity contribution in [1.29, 1.82) is 0 Å². The van der Waals surface area contributed by atoms with Gasteiger partial charge < -0.3 is 35.2 Å². The molecule has 0 unspecified atom stereocenters. The summed E-state index contributed by atoms with van der Waals surface area (Å²) in [5.41, 5.74) is 2.69. The monoisotopic (exact) mass is 774 g/mol. The Morgan fingerprint density at radius 3 is 1.48 bits per heavy atom. The molecule has 54 heavy (non-hydrogen) atoms. The number of aliphatic hydroxyl groups is 4. The second-order valence-electron chi connectivity index (χ2n) is 17.5. The van der Waals surface area contributed by atoms with Crippen LogP contribution in [0, 0.1) is 21.7 Å². The summed E-state index contributed by atoms with van der Waals surface area (Å²) in [4.78, 5) is 25.7. The number of carbonyl (C=O) groups is 2. The lowest BCUT2D eigenvalue weighted by Gasteiger charge is -2.37. The lowest BCUT2D eigenvalue weighted by atomic mass is 9.69. The van der Waals surface area contributed by atoms with Crippen LogP contribution in [0.25, 0.3) is 0 Å². The largest absolute Gasteiger partial charge is 0.396 e. The number of ether oxygens (including phenoxy) is 2. The first-order valence-electron chi connectivity index (χ1n) is 18.8. The molecule has 2 saturated heterocycles. The van der Waals surface area contributed by atoms with Crippen molar-refractivity contribution in [3.63, 3.8) is 0 Å². The summed E-state index contributed by atoms with van der Waals surface area (Å²) < 4.78 is 9.50. The van der Waals surface area contributed by atoms with Crippen molar-refractivity contribution in [2.24, 2.45) is 21.7 Å². The molecule has 2 aromatic carbocycles. The molecule has 4 atom stereocenters. The van der Waals surface area contributed by atoms with E-state index in [1.54, 1.807) is 21.0 Å². The van der Waals surface area contributed by atoms with Crippen LogP contribution < -0.4 is 5.32 Å². The van der Waals surface area contributed by atoms with Gasteiger partial charge in [0.05, 0.1) is 41.2 Å². The molecule has 0 aliphatic carbocycles. The molecule has 306 valence electrons. The highest BCUT2D eigenvalue weighted by Crippen LogP contribution is 2.45. The molecule has 5 N–H and O–H groups in total. The lowest BCUT2D eigenvalue weighted by Crippen LogP contribution is -2.41. The van der Waals surface area contributed by atoms with E-state index in [2.05, 4.69) is 95.8 Å². The van der Waals surface area contributed by atoms with E-state index in [9.17, 15) is 19.8 Å². The van der Waals surface area contributed by atoms with Gasteiger partial charge in [-0.05, 0) is 31.1 Å². The van der Waals surface area contributed by atoms with Gasteiger partial charge in [-0.2, -0.15) is 0 Å². The summed E-state index contributed by atoms with van der Waals surface area (Å²) in [5, 5.41) is 40.7. The van der Waals surface area contributed by atoms with Crippen molar-refractivity contribution < 1.29 is 40.9 Å². The van der Waals surface area contributed by atoms with Gasteiger partial charge in [-0.3, -0.25) is 9.80 Å². The molecule has 3 heterocycles. The van der Waals surface area contributed by atoms with Crippen LogP contribution in [0.2, 0.25) is 19.6 Å². The first-order valence-corrected chi connectivity index (χ1v) is 22.6. The first kappa shape index (κ1) is 47.4. The van der Waals surface area contributed by atoms with Crippen LogP contribution in [0.15, 0.2) is 71.8 Å². The Hall–Kier alpha value is -2.78. The van der Waals surface area contributed by atoms with E-state index >= 15 is 0 Å². The van der Waals surface area contributed by atoms with Gasteiger partial charge in [-0.25, -0.2) is 9.59 Å². The Morgan fingerprint density at radius 2 is 1.15 bits per heavy atom. The molecular formula is C42H71N3O8Si. The number of likely N-dealkylation sites (tertiary alicyclic amines) is 1. The highest BCUT2D eigenvalue weighted by Gasteiger charge is 2.51. The normalized spacial score (nSPS) is 26.8. The van der Waals surface area contributed by atoms with Gasteiger partial charge in [0.1, 0.15) is 0 Å². The molecule has 0 aromatic heterocycles. The fraction of sp³-hybridized carbons (Fsp3) is 0.619. The van der Waals surface area contributed by atoms with Gasteiger partial charge in [0.25, 0.3) is 0 Å². The number of hydrogen-bond donors (Lipinski definition) is 5. The zero-order chi connectivity index (χ0) is 40.8. The highest BCUT2D eigenvalue weighted by molar-refractivity contribution is 6.76. The molecule has 0 radical (unpaired) electrons. The maximum atomic E-state index is 10.5. The Morgan fingerprint density at radius 1 is 0.741 bits per heavy atom. The number of aliphatic hydroxyl groups excluding tert-OH is 4. The minimum absolute atomic E-state index is 0. The Bertz CT molecular complexity index is 1440. The number of nitrogens with zero attached hydrogens (tertiary/aromatic N) is 2. The molecule has 0 saturated carbocycles. The molecule has 5 rings (SSSR count). The number of carbonyl (C=O) groups excluding carboxylic acids is 2. The fourth-order valence-electron chi connectivity index (χ4n) is 6.78. The van der Waals surface area contributed by atoms with Crippen LogP contribution in [0.1, 0.15) is 54.1 Å². The predicted molar refractivity (Wildman–Crippen MR) is 219 cm³/mol. The topological polar surface area (TPSA) is 152 Å². The molecule has 11 nitrogen and oxygen atoms in total. The van der Waals surface area contributed by atoms with Gasteiger partial charge in [-0.15, -0.1) is 0 Å². The van der Waals surface area contributed by atoms with Gasteiger partial charge >= 0.3 is 11.9 Å². The second-order valence-corrected chi connectivity index (χ2v) is 22.9. The van der Waals surface area contributed by atoms with Crippen molar-refractivity contribution in [1.82, 2.24) is 15.1 Å². The molecule has 3 aliphatic rings. The average molecular weight is 774 g/mol. The zero-order valence-electron chi connectivity index (χ0n) is 34.6. The van der Waals surface area contributed by atoms with Crippen molar-refractivity contribution in [2.45, 2.75) is 74.3 Å². The number of benzene rings is 2. The molecule has 0 spiro atoms. The van der Waals surface area contributed by atoms with E-state index in [4.69, 9.17) is 14.9 Å². The first-order chi connectivity index (χ1) is 25.2. The van der Waals surface area contributed by atoms with Gasteiger partial charge in [0.2, 0.25) is 0 Å². The van der Waals surface area contributed by atoms with E-state index in [1.807, 2.05) is 32.0 Å². The average Bonchev–Trinajstić information content (AvgIpc) is 3.67. The fourth-order valence-corrected chi connectivity index (χ4v) is 8.32. The van der Waals surface area contributed by atoms with Crippen molar-refractivity contribution in [3.8, 4) is 0 Å². The summed E-state index contributed by atoms with van der Waals surface area (Å²) in [6, 6.07) is 20.9. The minimum atomic E-state index is -1.07. The van der Waals surface area contributed by atoms with Crippen LogP contribution in [0.5, 0.6) is 0 Å². The third-order valence-corrected chi connectivity index (χ3v) is 12.7. The van der Waals surface area contributed by atoms with Crippen LogP contribution in [0.4, 0.5) is 0 Å². The molecule has 3 aliphatic heterocycles. The van der Waals surface area contributed by atoms with Crippen molar-refractivity contribution in [2.75, 3.05) is 72.6 Å². The third kappa shape index (κ3) is 13.2. The van der Waals surface area contributed by atoms with Crippen molar-refractivity contribution in [3.05, 3.63) is 82.9 Å². The Labute approximate surface area is 326 Å². The molecular weight excluding hydrogens is 703 g/mol. The number of rotatable bonds is 12. The SMILES string of the molecule is CC1=C(C)C(=O)OC1=O.COCN(Cc1ccccc1)C[Si](C)(C)C.C[C@]1(CO)CN(Cc2ccccc2)C[C@@]1(C)CO.C[C@]1(CO)CNC[C@@]1(C)CO.[HH]. The van der Waals surface area contributed by atoms with Gasteiger partial charge in [-0.1, -0.05) is 108 Å². The van der Waals surface area contributed by atoms with E-state index in [-0.39, 0.29) is 49.5 Å². The number of nitrogens with one attached hydrogen (secondary N) is 1. The zero-order valence-corrected chi connectivity index (χ0v) is 35.6. The molecule has 0 amide bonds. The highest BCUT2D eigenvalue weighted by atomic mass is 28.3. The maximum Gasteiger partial charge on any atom is 0.342 e. The standard InChI is InChI=1S/C15H23NO2.C13H23NOSi.C8H17NO2.C6H6O3.H2/c1-14(11-17)9-16(10-15(14,2)12-18)8-13-6-4-3-5-7-13;1-15-11-14(12-16(2,3)4)10-13-8-6-5-7-9-13;1-7(5-10)3-9-4-8(7,2)6-11;1-3-4(2)6(8)9-5(3)7;/h3-7,17-18H,8-12H2,1-2H3;5-9H,10-12H2,1-4H3;9-11H,3-6H2,1-2H3;1-2H3;1H/t14-,15+;;7-,8+;;. The van der Waals surface area contributed by atoms with Crippen LogP contribution in [-0.2, 0) is 32.2 Å². The third-order valence-electron chi connectivity index (χ3n) is 11.4. The second kappa shape index (κ2) is 20.9. The van der Waals surface area contributed by atoms with Crippen LogP contribution in [0.3, 0.4) is 0 Å². The molecule has 2 aromatic rings. The smallest absolute Gasteiger partial charge is 0.342 e. The molecule has 2 fully saturated rings. The number of methoxy groups -OCH3 is 1. The number of cyclic esters (lactones) is 2. The lowest BCUT2D eigenvalue weighted by molar-refractivity contribution is -0.151. The van der Waals surface area contributed by atoms with Gasteiger partial charge in [0, 0.05) is 80.6 Å². The van der Waals surface area contributed by atoms with Crippen LogP contribution >= 0.6 is 0 Å². The Balaban J connectivity index is 0.000000377. The van der Waals surface area contributed by atoms with Crippen molar-refractivity contribution >= 4 is 20.0 Å². The van der Waals surface area contributed by atoms with E-state index in [1.165, 1.54) is 17.3 Å². The quantitative estimate of drug-likeness (QED) is 0.0884. The molecule has 0 bridgehead atoms. The Kier molecular flexibility index (Phi) is 18.4. The summed E-state index contributed by atoms with van der Waals surface area (Å²) in [6.07, 6.45) is 1.18. The van der Waals surface area contributed by atoms with E-state index < -0.39 is 20.0 Å². The minimum Gasteiger partial charge on any atom is -0.396 e. The van der Waals surface area contributed by atoms with E-state index in [0.717, 1.165) is 46.0 Å². The van der Waals surface area contributed by atoms with E-state index in [0.29, 0.717) is 11.1 Å². The number of esters is 2. The summed E-state index contributed by atoms with van der Waals surface area (Å²) in [6.45, 7) is 24.8. The summed E-state index contributed by atoms with van der Waals surface area (Å²) in [5.74, 6) is -1.03. The summed E-state index contributed by atoms with van der Waals surface area (Å²) in [7, 11) is 0.701. The van der Waals surface area contributed by atoms with Gasteiger partial charge in [0.15, 0.2) is 0 Å². The summed E-state index contributed by atoms with van der Waals surface area (Å²) >= 11 is 0. The number of hydrogen-bond acceptors (Lipinski definition) is 11. The predicted octanol–water partition coefficient (Wildman–Crippen LogP) is 4.71.